The van der Waals surface area contributed by atoms with E-state index in [1.165, 1.54) is 0 Å². The first-order valence-electron chi connectivity index (χ1n) is 4.34. The molecule has 70 valence electrons. The molecule has 2 rings (SSSR count). The monoisotopic (exact) mass is 196 g/mol. The molecule has 1 aliphatic carbocycles. The first kappa shape index (κ1) is 8.88. The number of allylic oxidation sites excluding steroid dienone is 2. The molecule has 0 aromatic rings. The van der Waals surface area contributed by atoms with Crippen LogP contribution in [0.1, 0.15) is 20.3 Å². The second kappa shape index (κ2) is 2.64. The van der Waals surface area contributed by atoms with Gasteiger partial charge in [0.05, 0.1) is 16.0 Å². The number of rotatable bonds is 1. The minimum absolute atomic E-state index is 0.121. The Hall–Kier alpha value is -0.700. The fourth-order valence-electron chi connectivity index (χ4n) is 1.90. The zero-order chi connectivity index (χ0) is 9.75. The van der Waals surface area contributed by atoms with E-state index < -0.39 is 10.8 Å². The minimum atomic E-state index is -0.878. The highest BCUT2D eigenvalue weighted by molar-refractivity contribution is 7.98. The summed E-state index contributed by atoms with van der Waals surface area (Å²) in [7, 11) is -0.878. The Morgan fingerprint density at radius 2 is 2.23 bits per heavy atom. The molecular formula is C10H12O2S. The van der Waals surface area contributed by atoms with Crippen LogP contribution in [0.5, 0.6) is 0 Å². The molecule has 1 heterocycles. The Labute approximate surface area is 80.2 Å². The van der Waals surface area contributed by atoms with Crippen LogP contribution in [0.25, 0.3) is 0 Å². The van der Waals surface area contributed by atoms with E-state index in [1.807, 2.05) is 6.92 Å². The van der Waals surface area contributed by atoms with Gasteiger partial charge in [-0.1, -0.05) is 12.2 Å². The lowest BCUT2D eigenvalue weighted by Gasteiger charge is -2.16. The van der Waals surface area contributed by atoms with Crippen LogP contribution in [0.2, 0.25) is 0 Å². The van der Waals surface area contributed by atoms with Gasteiger partial charge in [-0.3, -0.25) is 9.00 Å². The van der Waals surface area contributed by atoms with Gasteiger partial charge in [-0.05, 0) is 13.8 Å². The standard InChI is InChI=1S/C10H12O2S/c1-5(2)7-4-8(11)6(3)9-10(7)13(9)12/h7,10H,1,4H2,2-3H3. The summed E-state index contributed by atoms with van der Waals surface area (Å²) < 4.78 is 11.5. The lowest BCUT2D eigenvalue weighted by atomic mass is 9.85. The van der Waals surface area contributed by atoms with Gasteiger partial charge in [0.15, 0.2) is 5.78 Å². The van der Waals surface area contributed by atoms with Crippen molar-refractivity contribution in [2.75, 3.05) is 0 Å². The third kappa shape index (κ3) is 1.14. The molecule has 0 spiro atoms. The molecule has 1 fully saturated rings. The van der Waals surface area contributed by atoms with E-state index in [9.17, 15) is 9.00 Å². The van der Waals surface area contributed by atoms with E-state index in [2.05, 4.69) is 6.58 Å². The molecule has 1 aliphatic heterocycles. The highest BCUT2D eigenvalue weighted by atomic mass is 32.2. The second-order valence-electron chi connectivity index (χ2n) is 3.79. The summed E-state index contributed by atoms with van der Waals surface area (Å²) in [5.41, 5.74) is 1.72. The Balaban J connectivity index is 2.40. The van der Waals surface area contributed by atoms with Crippen molar-refractivity contribution < 1.29 is 9.00 Å². The molecule has 3 atom stereocenters. The Morgan fingerprint density at radius 1 is 1.62 bits per heavy atom. The van der Waals surface area contributed by atoms with Crippen molar-refractivity contribution in [1.29, 1.82) is 0 Å². The third-order valence-electron chi connectivity index (χ3n) is 2.84. The number of carbonyl (C=O) groups is 1. The van der Waals surface area contributed by atoms with Crippen LogP contribution >= 0.6 is 0 Å². The summed E-state index contributed by atoms with van der Waals surface area (Å²) >= 11 is 0. The molecule has 13 heavy (non-hydrogen) atoms. The van der Waals surface area contributed by atoms with Crippen molar-refractivity contribution in [3.63, 3.8) is 0 Å². The normalized spacial score (nSPS) is 37.4. The molecule has 3 heteroatoms. The van der Waals surface area contributed by atoms with E-state index in [-0.39, 0.29) is 17.0 Å². The van der Waals surface area contributed by atoms with Crippen LogP contribution in [0.3, 0.4) is 0 Å². The van der Waals surface area contributed by atoms with Gasteiger partial charge < -0.3 is 0 Å². The number of fused-ring (bicyclic) bond motifs is 1. The van der Waals surface area contributed by atoms with Gasteiger partial charge in [0.2, 0.25) is 0 Å². The lowest BCUT2D eigenvalue weighted by molar-refractivity contribution is -0.116. The first-order valence-corrected chi connectivity index (χ1v) is 5.55. The zero-order valence-corrected chi connectivity index (χ0v) is 8.61. The number of hydrogen-bond donors (Lipinski definition) is 0. The number of ketones is 1. The predicted molar refractivity (Wildman–Crippen MR) is 52.6 cm³/mol. The van der Waals surface area contributed by atoms with Gasteiger partial charge in [0.25, 0.3) is 0 Å². The summed E-state index contributed by atoms with van der Waals surface area (Å²) in [6.45, 7) is 7.53. The van der Waals surface area contributed by atoms with Crippen molar-refractivity contribution in [2.24, 2.45) is 5.92 Å². The lowest BCUT2D eigenvalue weighted by Crippen LogP contribution is -2.19. The molecule has 0 N–H and O–H groups in total. The predicted octanol–water partition coefficient (Wildman–Crippen LogP) is 1.56. The number of Topliss-reactive ketones (excluding diaryl/α,β-unsaturated/α-hetero) is 1. The van der Waals surface area contributed by atoms with Gasteiger partial charge in [-0.2, -0.15) is 0 Å². The molecular weight excluding hydrogens is 184 g/mol. The molecule has 0 bridgehead atoms. The van der Waals surface area contributed by atoms with Crippen LogP contribution in [0.4, 0.5) is 0 Å². The summed E-state index contributed by atoms with van der Waals surface area (Å²) in [6, 6.07) is 0. The van der Waals surface area contributed by atoms with Gasteiger partial charge in [0, 0.05) is 22.8 Å². The van der Waals surface area contributed by atoms with Crippen LogP contribution in [-0.4, -0.2) is 15.2 Å². The molecule has 0 aromatic carbocycles. The van der Waals surface area contributed by atoms with Crippen LogP contribution in [0, 0.1) is 5.92 Å². The highest BCUT2D eigenvalue weighted by Crippen LogP contribution is 2.48. The first-order chi connectivity index (χ1) is 6.04. The molecule has 0 saturated carbocycles. The van der Waals surface area contributed by atoms with Crippen molar-refractivity contribution in [3.05, 3.63) is 22.6 Å². The Kier molecular flexibility index (Phi) is 1.80. The largest absolute Gasteiger partial charge is 0.295 e. The summed E-state index contributed by atoms with van der Waals surface area (Å²) in [6.07, 6.45) is 0.501. The maximum Gasteiger partial charge on any atom is 0.160 e. The van der Waals surface area contributed by atoms with Crippen LogP contribution in [-0.2, 0) is 15.6 Å². The van der Waals surface area contributed by atoms with E-state index in [1.54, 1.807) is 6.92 Å². The molecule has 0 aromatic heterocycles. The van der Waals surface area contributed by atoms with Gasteiger partial charge in [-0.15, -0.1) is 0 Å². The van der Waals surface area contributed by atoms with E-state index >= 15 is 0 Å². The fourth-order valence-corrected chi connectivity index (χ4v) is 3.75. The third-order valence-corrected chi connectivity index (χ3v) is 4.61. The Bertz CT molecular complexity index is 365. The average Bonchev–Trinajstić information content (AvgIpc) is 2.70. The van der Waals surface area contributed by atoms with E-state index in [0.29, 0.717) is 6.42 Å². The van der Waals surface area contributed by atoms with Crippen molar-refractivity contribution in [3.8, 4) is 0 Å². The van der Waals surface area contributed by atoms with E-state index in [4.69, 9.17) is 0 Å². The van der Waals surface area contributed by atoms with E-state index in [0.717, 1.165) is 16.1 Å². The quantitative estimate of drug-likeness (QED) is 0.471. The van der Waals surface area contributed by atoms with Gasteiger partial charge in [-0.25, -0.2) is 0 Å². The summed E-state index contributed by atoms with van der Waals surface area (Å²) in [4.78, 5) is 12.3. The van der Waals surface area contributed by atoms with Gasteiger partial charge >= 0.3 is 0 Å². The van der Waals surface area contributed by atoms with Gasteiger partial charge in [0.1, 0.15) is 0 Å². The average molecular weight is 196 g/mol. The highest BCUT2D eigenvalue weighted by Gasteiger charge is 2.52. The molecule has 2 aliphatic rings. The number of carbonyl (C=O) groups excluding carboxylic acids is 1. The topological polar surface area (TPSA) is 34.1 Å². The SMILES string of the molecule is C=C(C)C1CC(=O)C(C)=C2C1S2=O. The zero-order valence-electron chi connectivity index (χ0n) is 7.79. The molecule has 3 unspecified atom stereocenters. The molecule has 2 nitrogen and oxygen atoms in total. The number of hydrogen-bond acceptors (Lipinski definition) is 2. The van der Waals surface area contributed by atoms with Crippen molar-refractivity contribution >= 4 is 16.6 Å². The minimum Gasteiger partial charge on any atom is -0.295 e. The maximum atomic E-state index is 11.5. The van der Waals surface area contributed by atoms with Crippen molar-refractivity contribution in [1.82, 2.24) is 0 Å². The second-order valence-corrected chi connectivity index (χ2v) is 5.33. The van der Waals surface area contributed by atoms with Crippen molar-refractivity contribution in [2.45, 2.75) is 25.5 Å². The maximum absolute atomic E-state index is 11.5. The summed E-state index contributed by atoms with van der Waals surface area (Å²) in [5.74, 6) is 0.275. The molecule has 0 amide bonds. The van der Waals surface area contributed by atoms with Crippen LogP contribution in [0.15, 0.2) is 22.6 Å². The molecule has 1 saturated heterocycles. The molecule has 0 radical (unpaired) electrons. The smallest absolute Gasteiger partial charge is 0.160 e. The fraction of sp³-hybridized carbons (Fsp3) is 0.500. The van der Waals surface area contributed by atoms with Crippen LogP contribution < -0.4 is 0 Å². The summed E-state index contributed by atoms with van der Waals surface area (Å²) in [5, 5.41) is 0.121. The Morgan fingerprint density at radius 3 is 2.77 bits per heavy atom.